The predicted octanol–water partition coefficient (Wildman–Crippen LogP) is 0.485. The minimum absolute atomic E-state index is 0.287. The number of hydrogen-bond donors (Lipinski definition) is 3. The molecule has 1 unspecified atom stereocenters. The summed E-state index contributed by atoms with van der Waals surface area (Å²) in [6.45, 7) is 4.08. The van der Waals surface area contributed by atoms with Crippen LogP contribution in [-0.2, 0) is 9.59 Å². The van der Waals surface area contributed by atoms with E-state index in [2.05, 4.69) is 5.32 Å². The molecule has 0 spiro atoms. The molecule has 0 aromatic rings. The second-order valence-electron chi connectivity index (χ2n) is 3.88. The molecule has 1 amide bonds. The van der Waals surface area contributed by atoms with Gasteiger partial charge in [0, 0.05) is 6.42 Å². The molecule has 0 aromatic heterocycles. The monoisotopic (exact) mass is 216 g/mol. The lowest BCUT2D eigenvalue weighted by Crippen LogP contribution is -2.49. The van der Waals surface area contributed by atoms with Gasteiger partial charge in [0.05, 0.1) is 0 Å². The Morgan fingerprint density at radius 3 is 2.47 bits per heavy atom. The molecule has 0 aromatic carbocycles. The fourth-order valence-corrected chi connectivity index (χ4v) is 1.40. The summed E-state index contributed by atoms with van der Waals surface area (Å²) in [6.07, 6.45) is 2.22. The normalized spacial score (nSPS) is 14.5. The zero-order chi connectivity index (χ0) is 11.9. The first kappa shape index (κ1) is 13.9. The van der Waals surface area contributed by atoms with Crippen LogP contribution in [-0.4, -0.2) is 29.1 Å². The van der Waals surface area contributed by atoms with Gasteiger partial charge in [0.25, 0.3) is 0 Å². The van der Waals surface area contributed by atoms with Crippen LogP contribution in [0.1, 0.15) is 39.5 Å². The number of nitrogens with two attached hydrogens (primary N) is 1. The van der Waals surface area contributed by atoms with E-state index >= 15 is 0 Å². The van der Waals surface area contributed by atoms with E-state index in [0.717, 1.165) is 6.42 Å². The third-order valence-electron chi connectivity index (χ3n) is 2.34. The Balaban J connectivity index is 3.97. The van der Waals surface area contributed by atoms with E-state index in [9.17, 15) is 9.59 Å². The number of carboxylic acid groups (broad SMARTS) is 1. The molecule has 0 fully saturated rings. The Kier molecular flexibility index (Phi) is 5.93. The number of aliphatic carboxylic acids is 1. The lowest BCUT2D eigenvalue weighted by Gasteiger charge is -2.25. The molecular formula is C10H20N2O3. The van der Waals surface area contributed by atoms with Crippen molar-refractivity contribution < 1.29 is 14.7 Å². The maximum Gasteiger partial charge on any atom is 0.323 e. The smallest absolute Gasteiger partial charge is 0.323 e. The number of carbonyl (C=O) groups excluding carboxylic acids is 1. The minimum atomic E-state index is -0.896. The van der Waals surface area contributed by atoms with Gasteiger partial charge in [0.15, 0.2) is 0 Å². The van der Waals surface area contributed by atoms with Crippen LogP contribution in [0.4, 0.5) is 0 Å². The average Bonchev–Trinajstić information content (AvgIpc) is 2.12. The third kappa shape index (κ3) is 5.37. The number of carboxylic acids is 1. The molecule has 0 aliphatic heterocycles. The molecule has 0 aliphatic rings. The molecule has 5 nitrogen and oxygen atoms in total. The van der Waals surface area contributed by atoms with Gasteiger partial charge in [-0.15, -0.1) is 0 Å². The van der Waals surface area contributed by atoms with Gasteiger partial charge in [0.1, 0.15) is 5.54 Å². The van der Waals surface area contributed by atoms with Gasteiger partial charge in [-0.2, -0.15) is 0 Å². The Hall–Kier alpha value is -1.10. The van der Waals surface area contributed by atoms with Crippen LogP contribution in [0, 0.1) is 0 Å². The van der Waals surface area contributed by atoms with Gasteiger partial charge in [0.2, 0.25) is 5.91 Å². The lowest BCUT2D eigenvalue weighted by molar-refractivity contribution is -0.144. The summed E-state index contributed by atoms with van der Waals surface area (Å²) < 4.78 is 0. The molecule has 0 saturated heterocycles. The molecule has 0 rings (SSSR count). The third-order valence-corrected chi connectivity index (χ3v) is 2.34. The van der Waals surface area contributed by atoms with Crippen molar-refractivity contribution in [1.29, 1.82) is 0 Å². The first-order chi connectivity index (χ1) is 6.92. The first-order valence-corrected chi connectivity index (χ1v) is 5.19. The van der Waals surface area contributed by atoms with Crippen molar-refractivity contribution in [2.45, 2.75) is 45.1 Å². The van der Waals surface area contributed by atoms with Crippen molar-refractivity contribution in [1.82, 2.24) is 5.32 Å². The summed E-state index contributed by atoms with van der Waals surface area (Å²) in [6, 6.07) is 0. The average molecular weight is 216 g/mol. The maximum absolute atomic E-state index is 11.0. The highest BCUT2D eigenvalue weighted by atomic mass is 16.4. The largest absolute Gasteiger partial charge is 0.480 e. The summed E-state index contributed by atoms with van der Waals surface area (Å²) in [4.78, 5) is 21.4. The van der Waals surface area contributed by atoms with E-state index in [-0.39, 0.29) is 12.3 Å². The number of carbonyl (C=O) groups is 2. The van der Waals surface area contributed by atoms with E-state index in [1.807, 2.05) is 6.92 Å². The molecule has 5 heteroatoms. The molecule has 15 heavy (non-hydrogen) atoms. The fourth-order valence-electron chi connectivity index (χ4n) is 1.40. The van der Waals surface area contributed by atoms with Crippen LogP contribution < -0.4 is 11.1 Å². The minimum Gasteiger partial charge on any atom is -0.480 e. The summed E-state index contributed by atoms with van der Waals surface area (Å²) in [5, 5.41) is 12.0. The SMILES string of the molecule is CCCC(C)(NCCCC(N)=O)C(=O)O. The van der Waals surface area contributed by atoms with Crippen molar-refractivity contribution in [3.8, 4) is 0 Å². The van der Waals surface area contributed by atoms with E-state index in [0.29, 0.717) is 19.4 Å². The summed E-state index contributed by atoms with van der Waals surface area (Å²) >= 11 is 0. The molecule has 0 bridgehead atoms. The first-order valence-electron chi connectivity index (χ1n) is 5.19. The molecule has 0 heterocycles. The fraction of sp³-hybridized carbons (Fsp3) is 0.800. The molecular weight excluding hydrogens is 196 g/mol. The number of nitrogens with one attached hydrogen (secondary N) is 1. The van der Waals surface area contributed by atoms with Crippen molar-refractivity contribution in [3.63, 3.8) is 0 Å². The van der Waals surface area contributed by atoms with Crippen molar-refractivity contribution >= 4 is 11.9 Å². The van der Waals surface area contributed by atoms with E-state index in [1.54, 1.807) is 6.92 Å². The number of rotatable bonds is 8. The van der Waals surface area contributed by atoms with E-state index in [1.165, 1.54) is 0 Å². The number of hydrogen-bond acceptors (Lipinski definition) is 3. The number of primary amides is 1. The van der Waals surface area contributed by atoms with Gasteiger partial charge < -0.3 is 16.2 Å². The van der Waals surface area contributed by atoms with Crippen LogP contribution >= 0.6 is 0 Å². The van der Waals surface area contributed by atoms with E-state index < -0.39 is 11.5 Å². The summed E-state index contributed by atoms with van der Waals surface area (Å²) in [7, 11) is 0. The molecule has 0 aliphatic carbocycles. The molecule has 88 valence electrons. The second kappa shape index (κ2) is 6.40. The zero-order valence-electron chi connectivity index (χ0n) is 9.38. The van der Waals surface area contributed by atoms with Gasteiger partial charge in [-0.05, 0) is 26.3 Å². The molecule has 1 atom stereocenters. The lowest BCUT2D eigenvalue weighted by atomic mass is 9.96. The summed E-state index contributed by atoms with van der Waals surface area (Å²) in [5.41, 5.74) is 4.08. The molecule has 0 saturated carbocycles. The topological polar surface area (TPSA) is 92.4 Å². The van der Waals surface area contributed by atoms with Gasteiger partial charge in [-0.25, -0.2) is 0 Å². The highest BCUT2D eigenvalue weighted by molar-refractivity contribution is 5.78. The standard InChI is InChI=1S/C10H20N2O3/c1-3-6-10(2,9(14)15)12-7-4-5-8(11)13/h12H,3-7H2,1-2H3,(H2,11,13)(H,14,15). The number of amides is 1. The van der Waals surface area contributed by atoms with Crippen molar-refractivity contribution in [2.24, 2.45) is 5.73 Å². The Morgan fingerprint density at radius 2 is 2.07 bits per heavy atom. The predicted molar refractivity (Wildman–Crippen MR) is 57.4 cm³/mol. The van der Waals surface area contributed by atoms with Crippen LogP contribution in [0.25, 0.3) is 0 Å². The van der Waals surface area contributed by atoms with Crippen LogP contribution in [0.2, 0.25) is 0 Å². The highest BCUT2D eigenvalue weighted by Gasteiger charge is 2.30. The van der Waals surface area contributed by atoms with E-state index in [4.69, 9.17) is 10.8 Å². The second-order valence-corrected chi connectivity index (χ2v) is 3.88. The van der Waals surface area contributed by atoms with Crippen LogP contribution in [0.15, 0.2) is 0 Å². The molecule has 4 N–H and O–H groups in total. The Labute approximate surface area is 90.0 Å². The van der Waals surface area contributed by atoms with Crippen LogP contribution in [0.3, 0.4) is 0 Å². The van der Waals surface area contributed by atoms with Gasteiger partial charge >= 0.3 is 5.97 Å². The van der Waals surface area contributed by atoms with Crippen LogP contribution in [0.5, 0.6) is 0 Å². The highest BCUT2D eigenvalue weighted by Crippen LogP contribution is 2.12. The van der Waals surface area contributed by atoms with Crippen molar-refractivity contribution in [3.05, 3.63) is 0 Å². The quantitative estimate of drug-likeness (QED) is 0.515. The molecule has 0 radical (unpaired) electrons. The Bertz CT molecular complexity index is 231. The zero-order valence-corrected chi connectivity index (χ0v) is 9.38. The summed E-state index contributed by atoms with van der Waals surface area (Å²) in [5.74, 6) is -1.22. The maximum atomic E-state index is 11.0. The van der Waals surface area contributed by atoms with Gasteiger partial charge in [-0.3, -0.25) is 9.59 Å². The Morgan fingerprint density at radius 1 is 1.47 bits per heavy atom. The van der Waals surface area contributed by atoms with Gasteiger partial charge in [-0.1, -0.05) is 13.3 Å². The van der Waals surface area contributed by atoms with Crippen molar-refractivity contribution in [2.75, 3.05) is 6.54 Å².